The fraction of sp³-hybridized carbons (Fsp3) is 0.222. The fourth-order valence-electron chi connectivity index (χ4n) is 1.15. The normalized spacial score (nSPS) is 20.1. The third-order valence-corrected chi connectivity index (χ3v) is 1.76. The Hall–Kier alpha value is -1.51. The van der Waals surface area contributed by atoms with Crippen LogP contribution in [0.3, 0.4) is 0 Å². The van der Waals surface area contributed by atoms with Crippen molar-refractivity contribution in [3.63, 3.8) is 0 Å². The zero-order valence-corrected chi connectivity index (χ0v) is 6.74. The minimum atomic E-state index is -0.00921. The zero-order valence-electron chi connectivity index (χ0n) is 6.74. The molecule has 1 aliphatic heterocycles. The third-order valence-electron chi connectivity index (χ3n) is 1.76. The Balaban J connectivity index is 2.41. The van der Waals surface area contributed by atoms with E-state index in [4.69, 9.17) is 0 Å². The van der Waals surface area contributed by atoms with E-state index in [1.54, 1.807) is 6.08 Å². The van der Waals surface area contributed by atoms with E-state index in [1.165, 1.54) is 12.2 Å². The number of rotatable bonds is 1. The second-order valence-electron chi connectivity index (χ2n) is 2.64. The summed E-state index contributed by atoms with van der Waals surface area (Å²) in [6, 6.07) is 0. The maximum absolute atomic E-state index is 10.9. The molecule has 0 amide bonds. The molecule has 0 bridgehead atoms. The van der Waals surface area contributed by atoms with E-state index in [-0.39, 0.29) is 5.78 Å². The Labute approximate surface area is 70.2 Å². The summed E-state index contributed by atoms with van der Waals surface area (Å²) < 4.78 is 0. The summed E-state index contributed by atoms with van der Waals surface area (Å²) in [5.74, 6) is 0.792. The quantitative estimate of drug-likeness (QED) is 0.532. The lowest BCUT2D eigenvalue weighted by Gasteiger charge is -1.97. The monoisotopic (exact) mass is 160 g/mol. The van der Waals surface area contributed by atoms with Gasteiger partial charge in [-0.2, -0.15) is 0 Å². The molecule has 0 aromatic carbocycles. The summed E-state index contributed by atoms with van der Waals surface area (Å²) in [5.41, 5.74) is 1.52. The molecule has 0 atom stereocenters. The lowest BCUT2D eigenvalue weighted by atomic mass is 10.1. The largest absolute Gasteiger partial charge is 0.290 e. The summed E-state index contributed by atoms with van der Waals surface area (Å²) in [4.78, 5) is 19.3. The molecule has 0 N–H and O–H groups in total. The minimum absolute atomic E-state index is 0.00921. The maximum atomic E-state index is 10.9. The number of hydrogen-bond acceptors (Lipinski definition) is 3. The molecule has 0 spiro atoms. The van der Waals surface area contributed by atoms with E-state index in [0.29, 0.717) is 5.70 Å². The molecule has 3 heteroatoms. The first-order valence-corrected chi connectivity index (χ1v) is 3.90. The van der Waals surface area contributed by atoms with Crippen molar-refractivity contribution in [1.29, 1.82) is 0 Å². The summed E-state index contributed by atoms with van der Waals surface area (Å²) in [6.45, 7) is 1.99. The number of carbonyl (C=O) groups is 1. The van der Waals surface area contributed by atoms with Crippen molar-refractivity contribution in [3.8, 4) is 0 Å². The molecular formula is C9H8N2O. The molecule has 2 aliphatic rings. The number of nitrogens with zero attached hydrogens (tertiary/aromatic N) is 2. The number of ketones is 1. The predicted molar refractivity (Wildman–Crippen MR) is 47.4 cm³/mol. The summed E-state index contributed by atoms with van der Waals surface area (Å²) in [6.07, 6.45) is 5.55. The van der Waals surface area contributed by atoms with Gasteiger partial charge in [-0.3, -0.25) is 4.79 Å². The molecule has 0 radical (unpaired) electrons. The van der Waals surface area contributed by atoms with Crippen LogP contribution in [0, 0.1) is 0 Å². The highest BCUT2D eigenvalue weighted by molar-refractivity contribution is 6.25. The third kappa shape index (κ3) is 1.03. The highest BCUT2D eigenvalue weighted by Crippen LogP contribution is 2.16. The first-order chi connectivity index (χ1) is 5.79. The number of allylic oxidation sites excluding steroid dienone is 3. The Morgan fingerprint density at radius 3 is 2.92 bits per heavy atom. The second-order valence-corrected chi connectivity index (χ2v) is 2.64. The highest BCUT2D eigenvalue weighted by atomic mass is 16.1. The van der Waals surface area contributed by atoms with Crippen molar-refractivity contribution >= 4 is 17.3 Å². The van der Waals surface area contributed by atoms with Crippen LogP contribution >= 0.6 is 0 Å². The van der Waals surface area contributed by atoms with Crippen molar-refractivity contribution < 1.29 is 4.79 Å². The molecule has 2 rings (SSSR count). The molecule has 0 aromatic heterocycles. The van der Waals surface area contributed by atoms with Gasteiger partial charge in [-0.05, 0) is 12.2 Å². The number of carbonyl (C=O) groups excluding carboxylic acids is 1. The molecule has 12 heavy (non-hydrogen) atoms. The van der Waals surface area contributed by atoms with Gasteiger partial charge in [0.25, 0.3) is 0 Å². The van der Waals surface area contributed by atoms with E-state index in [0.717, 1.165) is 18.0 Å². The highest BCUT2D eigenvalue weighted by Gasteiger charge is 2.16. The van der Waals surface area contributed by atoms with Gasteiger partial charge in [0, 0.05) is 12.5 Å². The smallest absolute Gasteiger partial charge is 0.180 e. The number of fused-ring (bicyclic) bond motifs is 1. The van der Waals surface area contributed by atoms with Crippen LogP contribution in [-0.4, -0.2) is 17.3 Å². The average molecular weight is 160 g/mol. The van der Waals surface area contributed by atoms with E-state index in [9.17, 15) is 4.79 Å². The van der Waals surface area contributed by atoms with Crippen molar-refractivity contribution in [2.24, 2.45) is 9.98 Å². The Morgan fingerprint density at radius 1 is 1.33 bits per heavy atom. The topological polar surface area (TPSA) is 41.8 Å². The lowest BCUT2D eigenvalue weighted by molar-refractivity contribution is -0.110. The molecular weight excluding hydrogens is 152 g/mol. The number of amidine groups is 1. The van der Waals surface area contributed by atoms with Crippen LogP contribution in [0.2, 0.25) is 0 Å². The second kappa shape index (κ2) is 2.52. The van der Waals surface area contributed by atoms with Crippen molar-refractivity contribution in [2.45, 2.75) is 13.3 Å². The van der Waals surface area contributed by atoms with Crippen LogP contribution in [0.4, 0.5) is 0 Å². The van der Waals surface area contributed by atoms with Gasteiger partial charge in [0.05, 0.1) is 11.4 Å². The van der Waals surface area contributed by atoms with Gasteiger partial charge < -0.3 is 0 Å². The van der Waals surface area contributed by atoms with Crippen molar-refractivity contribution in [2.75, 3.05) is 0 Å². The van der Waals surface area contributed by atoms with Crippen LogP contribution < -0.4 is 0 Å². The zero-order chi connectivity index (χ0) is 8.55. The van der Waals surface area contributed by atoms with E-state index in [2.05, 4.69) is 9.98 Å². The molecule has 0 aromatic rings. The van der Waals surface area contributed by atoms with Crippen LogP contribution in [-0.2, 0) is 4.79 Å². The fourth-order valence-corrected chi connectivity index (χ4v) is 1.15. The van der Waals surface area contributed by atoms with Crippen LogP contribution in [0.5, 0.6) is 0 Å². The van der Waals surface area contributed by atoms with Gasteiger partial charge in [0.15, 0.2) is 5.78 Å². The SMILES string of the molecule is CCC1=NC2=CC(=O)C=CC2=N1. The molecule has 0 unspecified atom stereocenters. The predicted octanol–water partition coefficient (Wildman–Crippen LogP) is 1.27. The first-order valence-electron chi connectivity index (χ1n) is 3.90. The van der Waals surface area contributed by atoms with E-state index >= 15 is 0 Å². The minimum Gasteiger partial charge on any atom is -0.290 e. The van der Waals surface area contributed by atoms with Crippen LogP contribution in [0.1, 0.15) is 13.3 Å². The molecule has 1 heterocycles. The molecule has 0 saturated heterocycles. The molecule has 60 valence electrons. The molecule has 0 saturated carbocycles. The summed E-state index contributed by atoms with van der Waals surface area (Å²) in [7, 11) is 0. The van der Waals surface area contributed by atoms with Crippen LogP contribution in [0.25, 0.3) is 0 Å². The number of aliphatic imine (C=N–C) groups is 2. The maximum Gasteiger partial charge on any atom is 0.180 e. The molecule has 3 nitrogen and oxygen atoms in total. The van der Waals surface area contributed by atoms with Gasteiger partial charge >= 0.3 is 0 Å². The summed E-state index contributed by atoms with van der Waals surface area (Å²) in [5, 5.41) is 0. The van der Waals surface area contributed by atoms with Gasteiger partial charge in [0.1, 0.15) is 5.84 Å². The lowest BCUT2D eigenvalue weighted by Crippen LogP contribution is -2.02. The average Bonchev–Trinajstić information content (AvgIpc) is 2.46. The van der Waals surface area contributed by atoms with Gasteiger partial charge in [-0.15, -0.1) is 0 Å². The Morgan fingerprint density at radius 2 is 2.17 bits per heavy atom. The van der Waals surface area contributed by atoms with Gasteiger partial charge in [-0.1, -0.05) is 6.92 Å². The van der Waals surface area contributed by atoms with E-state index < -0.39 is 0 Å². The van der Waals surface area contributed by atoms with Crippen molar-refractivity contribution in [1.82, 2.24) is 0 Å². The van der Waals surface area contributed by atoms with Gasteiger partial charge in [0.2, 0.25) is 0 Å². The van der Waals surface area contributed by atoms with Crippen molar-refractivity contribution in [3.05, 3.63) is 23.9 Å². The van der Waals surface area contributed by atoms with E-state index in [1.807, 2.05) is 6.92 Å². The number of hydrogen-bond donors (Lipinski definition) is 0. The molecule has 0 fully saturated rings. The van der Waals surface area contributed by atoms with Gasteiger partial charge in [-0.25, -0.2) is 9.98 Å². The summed E-state index contributed by atoms with van der Waals surface area (Å²) >= 11 is 0. The Kier molecular flexibility index (Phi) is 1.50. The van der Waals surface area contributed by atoms with Crippen LogP contribution in [0.15, 0.2) is 33.9 Å². The first kappa shape index (κ1) is 7.16. The molecule has 1 aliphatic carbocycles. The standard InChI is InChI=1S/C9H8N2O/c1-2-9-10-7-4-3-6(12)5-8(7)11-9/h3-5H,2H2,1H3. The Bertz CT molecular complexity index is 359.